The largest absolute Gasteiger partial charge is 0.321 e. The molecule has 0 aliphatic carbocycles. The lowest BCUT2D eigenvalue weighted by Gasteiger charge is -2.29. The fraction of sp³-hybridized carbons (Fsp3) is 0.333. The minimum atomic E-state index is -0.328. The Morgan fingerprint density at radius 2 is 1.83 bits per heavy atom. The first-order chi connectivity index (χ1) is 11.5. The molecule has 3 heteroatoms. The fourth-order valence-electron chi connectivity index (χ4n) is 2.98. The van der Waals surface area contributed by atoms with Crippen LogP contribution in [0.1, 0.15) is 43.4 Å². The van der Waals surface area contributed by atoms with E-state index in [0.717, 1.165) is 30.3 Å². The maximum absolute atomic E-state index is 6.67. The van der Waals surface area contributed by atoms with Crippen molar-refractivity contribution in [2.75, 3.05) is 6.54 Å². The molecule has 2 aromatic rings. The van der Waals surface area contributed by atoms with Crippen molar-refractivity contribution in [1.29, 1.82) is 0 Å². The van der Waals surface area contributed by atoms with Gasteiger partial charge < -0.3 is 11.1 Å². The fourth-order valence-corrected chi connectivity index (χ4v) is 3.25. The zero-order chi connectivity index (χ0) is 17.4. The van der Waals surface area contributed by atoms with Crippen molar-refractivity contribution in [1.82, 2.24) is 5.32 Å². The van der Waals surface area contributed by atoms with Crippen LogP contribution in [-0.4, -0.2) is 6.54 Å². The van der Waals surface area contributed by atoms with Gasteiger partial charge in [-0.05, 0) is 56.0 Å². The second kappa shape index (κ2) is 9.16. The number of hydrogen-bond donors (Lipinski definition) is 2. The standard InChI is InChI=1S/C21H27BrN2/c1-3-14-21(23,19-8-5-4-6-9-19)15-7-16-24-17(2)18-10-12-20(22)13-11-18/h3-6,8-13,17,24H,1,7,14-16,23H2,2H3. The minimum absolute atomic E-state index is 0.328. The summed E-state index contributed by atoms with van der Waals surface area (Å²) in [5.41, 5.74) is 8.83. The smallest absolute Gasteiger partial charge is 0.0444 e. The third-order valence-corrected chi connectivity index (χ3v) is 5.01. The topological polar surface area (TPSA) is 38.0 Å². The molecular formula is C21H27BrN2. The van der Waals surface area contributed by atoms with Gasteiger partial charge in [0.1, 0.15) is 0 Å². The quantitative estimate of drug-likeness (QED) is 0.452. The summed E-state index contributed by atoms with van der Waals surface area (Å²) in [6.07, 6.45) is 4.67. The van der Waals surface area contributed by atoms with Gasteiger partial charge in [0.25, 0.3) is 0 Å². The Balaban J connectivity index is 1.87. The molecule has 3 N–H and O–H groups in total. The highest BCUT2D eigenvalue weighted by atomic mass is 79.9. The van der Waals surface area contributed by atoms with Gasteiger partial charge in [-0.15, -0.1) is 6.58 Å². The van der Waals surface area contributed by atoms with Gasteiger partial charge in [-0.1, -0.05) is 64.5 Å². The lowest BCUT2D eigenvalue weighted by atomic mass is 9.83. The zero-order valence-corrected chi connectivity index (χ0v) is 15.9. The van der Waals surface area contributed by atoms with E-state index in [0.29, 0.717) is 6.04 Å². The first kappa shape index (κ1) is 18.9. The van der Waals surface area contributed by atoms with Gasteiger partial charge in [0.2, 0.25) is 0 Å². The van der Waals surface area contributed by atoms with E-state index in [1.54, 1.807) is 0 Å². The number of nitrogens with one attached hydrogen (secondary N) is 1. The van der Waals surface area contributed by atoms with Gasteiger partial charge in [0.15, 0.2) is 0 Å². The van der Waals surface area contributed by atoms with Crippen LogP contribution in [-0.2, 0) is 5.54 Å². The summed E-state index contributed by atoms with van der Waals surface area (Å²) in [7, 11) is 0. The predicted molar refractivity (Wildman–Crippen MR) is 107 cm³/mol. The van der Waals surface area contributed by atoms with Crippen molar-refractivity contribution < 1.29 is 0 Å². The van der Waals surface area contributed by atoms with Crippen LogP contribution in [0.4, 0.5) is 0 Å². The molecule has 0 aliphatic heterocycles. The molecule has 0 radical (unpaired) electrons. The highest BCUT2D eigenvalue weighted by Crippen LogP contribution is 2.27. The third kappa shape index (κ3) is 5.30. The molecule has 2 nitrogen and oxygen atoms in total. The summed E-state index contributed by atoms with van der Waals surface area (Å²) in [5.74, 6) is 0. The number of rotatable bonds is 9. The van der Waals surface area contributed by atoms with Crippen LogP contribution < -0.4 is 11.1 Å². The molecule has 0 amide bonds. The summed E-state index contributed by atoms with van der Waals surface area (Å²) in [6, 6.07) is 19.1. The number of benzene rings is 2. The van der Waals surface area contributed by atoms with Gasteiger partial charge in [0, 0.05) is 16.1 Å². The van der Waals surface area contributed by atoms with E-state index in [9.17, 15) is 0 Å². The lowest BCUT2D eigenvalue weighted by molar-refractivity contribution is 0.389. The van der Waals surface area contributed by atoms with Gasteiger partial charge >= 0.3 is 0 Å². The Bertz CT molecular complexity index is 624. The minimum Gasteiger partial charge on any atom is -0.321 e. The summed E-state index contributed by atoms with van der Waals surface area (Å²) >= 11 is 3.47. The van der Waals surface area contributed by atoms with Gasteiger partial charge in [-0.2, -0.15) is 0 Å². The van der Waals surface area contributed by atoms with Crippen LogP contribution in [0.5, 0.6) is 0 Å². The normalized spacial score (nSPS) is 14.8. The van der Waals surface area contributed by atoms with Crippen LogP contribution in [0.3, 0.4) is 0 Å². The van der Waals surface area contributed by atoms with Gasteiger partial charge in [-0.25, -0.2) is 0 Å². The van der Waals surface area contributed by atoms with Crippen molar-refractivity contribution in [3.05, 3.63) is 82.9 Å². The molecule has 24 heavy (non-hydrogen) atoms. The van der Waals surface area contributed by atoms with Crippen molar-refractivity contribution in [2.45, 2.75) is 37.8 Å². The molecule has 0 saturated carbocycles. The molecule has 128 valence electrons. The second-order valence-electron chi connectivity index (χ2n) is 6.35. The molecule has 0 aliphatic rings. The van der Waals surface area contributed by atoms with Crippen molar-refractivity contribution in [2.24, 2.45) is 5.73 Å². The summed E-state index contributed by atoms with van der Waals surface area (Å²) in [5, 5.41) is 3.59. The van der Waals surface area contributed by atoms with Gasteiger partial charge in [0.05, 0.1) is 0 Å². The van der Waals surface area contributed by atoms with Crippen LogP contribution >= 0.6 is 15.9 Å². The molecule has 2 aromatic carbocycles. The Morgan fingerprint density at radius 3 is 2.46 bits per heavy atom. The number of nitrogens with two attached hydrogens (primary N) is 1. The van der Waals surface area contributed by atoms with E-state index >= 15 is 0 Å². The van der Waals surface area contributed by atoms with E-state index in [1.807, 2.05) is 24.3 Å². The number of halogens is 1. The highest BCUT2D eigenvalue weighted by Gasteiger charge is 2.25. The lowest BCUT2D eigenvalue weighted by Crippen LogP contribution is -2.37. The summed E-state index contributed by atoms with van der Waals surface area (Å²) in [4.78, 5) is 0. The summed E-state index contributed by atoms with van der Waals surface area (Å²) in [6.45, 7) is 7.01. The van der Waals surface area contributed by atoms with Crippen molar-refractivity contribution in [3.63, 3.8) is 0 Å². The first-order valence-corrected chi connectivity index (χ1v) is 9.28. The average molecular weight is 387 g/mol. The molecule has 0 bridgehead atoms. The second-order valence-corrected chi connectivity index (χ2v) is 7.26. The Hall–Kier alpha value is -1.42. The summed E-state index contributed by atoms with van der Waals surface area (Å²) < 4.78 is 1.11. The Morgan fingerprint density at radius 1 is 1.17 bits per heavy atom. The molecule has 0 fully saturated rings. The van der Waals surface area contributed by atoms with Crippen molar-refractivity contribution >= 4 is 15.9 Å². The van der Waals surface area contributed by atoms with Crippen molar-refractivity contribution in [3.8, 4) is 0 Å². The third-order valence-electron chi connectivity index (χ3n) is 4.48. The Kier molecular flexibility index (Phi) is 7.22. The van der Waals surface area contributed by atoms with Crippen LogP contribution in [0, 0.1) is 0 Å². The van der Waals surface area contributed by atoms with E-state index in [1.165, 1.54) is 11.1 Å². The monoisotopic (exact) mass is 386 g/mol. The molecule has 0 aromatic heterocycles. The zero-order valence-electron chi connectivity index (χ0n) is 14.3. The van der Waals surface area contributed by atoms with Crippen LogP contribution in [0.25, 0.3) is 0 Å². The maximum atomic E-state index is 6.67. The Labute approximate surface area is 154 Å². The van der Waals surface area contributed by atoms with Crippen LogP contribution in [0.15, 0.2) is 71.7 Å². The van der Waals surface area contributed by atoms with E-state index < -0.39 is 0 Å². The molecule has 0 heterocycles. The number of hydrogen-bond acceptors (Lipinski definition) is 2. The first-order valence-electron chi connectivity index (χ1n) is 8.49. The molecule has 2 rings (SSSR count). The SMILES string of the molecule is C=CCC(N)(CCCNC(C)c1ccc(Br)cc1)c1ccccc1. The molecule has 0 saturated heterocycles. The van der Waals surface area contributed by atoms with E-state index in [-0.39, 0.29) is 5.54 Å². The van der Waals surface area contributed by atoms with E-state index in [2.05, 4.69) is 71.1 Å². The molecular weight excluding hydrogens is 360 g/mol. The highest BCUT2D eigenvalue weighted by molar-refractivity contribution is 9.10. The average Bonchev–Trinajstić information content (AvgIpc) is 2.60. The molecule has 0 spiro atoms. The maximum Gasteiger partial charge on any atom is 0.0444 e. The van der Waals surface area contributed by atoms with Crippen LogP contribution in [0.2, 0.25) is 0 Å². The molecule has 2 atom stereocenters. The van der Waals surface area contributed by atoms with Gasteiger partial charge in [-0.3, -0.25) is 0 Å². The predicted octanol–water partition coefficient (Wildman–Crippen LogP) is 5.31. The molecule has 2 unspecified atom stereocenters. The van der Waals surface area contributed by atoms with E-state index in [4.69, 9.17) is 5.73 Å².